The minimum absolute atomic E-state index is 0.279. The van der Waals surface area contributed by atoms with Crippen LogP contribution >= 0.6 is 0 Å². The molecule has 3 nitrogen and oxygen atoms in total. The molecule has 0 radical (unpaired) electrons. The van der Waals surface area contributed by atoms with Crippen molar-refractivity contribution in [3.8, 4) is 5.75 Å². The smallest absolute Gasteiger partial charge is 0.127 e. The molecule has 0 bridgehead atoms. The molecule has 90 valence electrons. The Morgan fingerprint density at radius 3 is 2.75 bits per heavy atom. The zero-order chi connectivity index (χ0) is 11.8. The summed E-state index contributed by atoms with van der Waals surface area (Å²) in [7, 11) is 1.82. The van der Waals surface area contributed by atoms with Gasteiger partial charge in [0.15, 0.2) is 0 Å². The summed E-state index contributed by atoms with van der Waals surface area (Å²) in [5.41, 5.74) is 0.869. The molecule has 0 aliphatic carbocycles. The molecule has 0 aromatic heterocycles. The Morgan fingerprint density at radius 1 is 1.25 bits per heavy atom. The number of rotatable bonds is 7. The highest BCUT2D eigenvalue weighted by atomic mass is 19.1. The number of benzene rings is 1. The second-order valence-electron chi connectivity index (χ2n) is 3.37. The highest BCUT2D eigenvalue weighted by molar-refractivity contribution is 5.29. The maximum absolute atomic E-state index is 13.2. The van der Waals surface area contributed by atoms with Crippen molar-refractivity contribution in [2.45, 2.75) is 13.5 Å². The van der Waals surface area contributed by atoms with Crippen molar-refractivity contribution >= 4 is 0 Å². The fourth-order valence-electron chi connectivity index (χ4n) is 1.37. The van der Waals surface area contributed by atoms with Gasteiger partial charge in [0.2, 0.25) is 0 Å². The number of ether oxygens (including phenoxy) is 2. The Balaban J connectivity index is 2.51. The first-order chi connectivity index (χ1) is 7.76. The predicted octanol–water partition coefficient (Wildman–Crippen LogP) is 1.96. The van der Waals surface area contributed by atoms with Crippen LogP contribution in [0.3, 0.4) is 0 Å². The molecule has 0 saturated heterocycles. The van der Waals surface area contributed by atoms with Gasteiger partial charge in [0.05, 0.1) is 6.61 Å². The first-order valence-electron chi connectivity index (χ1n) is 5.41. The van der Waals surface area contributed by atoms with Crippen LogP contribution in [0.5, 0.6) is 5.75 Å². The van der Waals surface area contributed by atoms with E-state index in [1.807, 2.05) is 20.0 Å². The summed E-state index contributed by atoms with van der Waals surface area (Å²) < 4.78 is 23.7. The molecular formula is C12H18FNO2. The fourth-order valence-corrected chi connectivity index (χ4v) is 1.37. The Kier molecular flexibility index (Phi) is 5.82. The molecule has 16 heavy (non-hydrogen) atoms. The molecule has 0 aliphatic rings. The minimum atomic E-state index is -0.279. The molecule has 0 aliphatic heterocycles. The van der Waals surface area contributed by atoms with Crippen LogP contribution in [0.4, 0.5) is 4.39 Å². The summed E-state index contributed by atoms with van der Waals surface area (Å²) in [6.07, 6.45) is 0. The number of hydrogen-bond donors (Lipinski definition) is 1. The van der Waals surface area contributed by atoms with Gasteiger partial charge in [-0.1, -0.05) is 0 Å². The quantitative estimate of drug-likeness (QED) is 0.722. The normalized spacial score (nSPS) is 10.4. The van der Waals surface area contributed by atoms with Gasteiger partial charge in [-0.2, -0.15) is 0 Å². The van der Waals surface area contributed by atoms with Gasteiger partial charge < -0.3 is 14.8 Å². The van der Waals surface area contributed by atoms with E-state index < -0.39 is 0 Å². The van der Waals surface area contributed by atoms with Gasteiger partial charge >= 0.3 is 0 Å². The molecule has 1 aromatic rings. The van der Waals surface area contributed by atoms with Crippen molar-refractivity contribution in [3.63, 3.8) is 0 Å². The predicted molar refractivity (Wildman–Crippen MR) is 61.2 cm³/mol. The van der Waals surface area contributed by atoms with Crippen molar-refractivity contribution in [2.75, 3.05) is 26.9 Å². The number of halogens is 1. The first kappa shape index (κ1) is 12.9. The van der Waals surface area contributed by atoms with E-state index in [4.69, 9.17) is 9.47 Å². The van der Waals surface area contributed by atoms with Crippen LogP contribution in [-0.4, -0.2) is 26.9 Å². The van der Waals surface area contributed by atoms with Crippen LogP contribution in [0.25, 0.3) is 0 Å². The third kappa shape index (κ3) is 4.59. The monoisotopic (exact) mass is 227 g/mol. The van der Waals surface area contributed by atoms with E-state index in [0.717, 1.165) is 5.56 Å². The second kappa shape index (κ2) is 7.19. The highest BCUT2D eigenvalue weighted by Gasteiger charge is 2.01. The van der Waals surface area contributed by atoms with Crippen molar-refractivity contribution < 1.29 is 13.9 Å². The lowest BCUT2D eigenvalue weighted by molar-refractivity contribution is 0.110. The van der Waals surface area contributed by atoms with Crippen LogP contribution in [0.2, 0.25) is 0 Å². The zero-order valence-corrected chi connectivity index (χ0v) is 9.75. The molecule has 0 spiro atoms. The van der Waals surface area contributed by atoms with Crippen LogP contribution in [0.15, 0.2) is 18.2 Å². The third-order valence-corrected chi connectivity index (χ3v) is 2.01. The average Bonchev–Trinajstić information content (AvgIpc) is 2.24. The standard InChI is InChI=1S/C12H18FNO2/c1-3-15-4-5-16-12-7-10(9-14-2)6-11(13)8-12/h6-8,14H,3-5,9H2,1-2H3. The van der Waals surface area contributed by atoms with Crippen molar-refractivity contribution in [1.82, 2.24) is 5.32 Å². The van der Waals surface area contributed by atoms with E-state index in [1.54, 1.807) is 0 Å². The van der Waals surface area contributed by atoms with Crippen LogP contribution < -0.4 is 10.1 Å². The van der Waals surface area contributed by atoms with Crippen LogP contribution in [0.1, 0.15) is 12.5 Å². The zero-order valence-electron chi connectivity index (χ0n) is 9.75. The maximum atomic E-state index is 13.2. The van der Waals surface area contributed by atoms with Gasteiger partial charge in [-0.3, -0.25) is 0 Å². The first-order valence-corrected chi connectivity index (χ1v) is 5.41. The Labute approximate surface area is 95.6 Å². The summed E-state index contributed by atoms with van der Waals surface area (Å²) in [4.78, 5) is 0. The van der Waals surface area contributed by atoms with Gasteiger partial charge in [0.25, 0.3) is 0 Å². The summed E-state index contributed by atoms with van der Waals surface area (Å²) in [6.45, 7) is 4.18. The topological polar surface area (TPSA) is 30.5 Å². The van der Waals surface area contributed by atoms with Gasteiger partial charge in [0, 0.05) is 19.2 Å². The summed E-state index contributed by atoms with van der Waals surface area (Å²) in [5, 5.41) is 2.97. The number of nitrogens with one attached hydrogen (secondary N) is 1. The molecule has 1 rings (SSSR count). The molecule has 0 saturated carbocycles. The van der Waals surface area contributed by atoms with E-state index in [0.29, 0.717) is 32.1 Å². The van der Waals surface area contributed by atoms with E-state index in [9.17, 15) is 4.39 Å². The largest absolute Gasteiger partial charge is 0.491 e. The second-order valence-corrected chi connectivity index (χ2v) is 3.37. The highest BCUT2D eigenvalue weighted by Crippen LogP contribution is 2.16. The summed E-state index contributed by atoms with van der Waals surface area (Å²) in [5.74, 6) is 0.268. The SMILES string of the molecule is CCOCCOc1cc(F)cc(CNC)c1. The van der Waals surface area contributed by atoms with Gasteiger partial charge in [-0.25, -0.2) is 4.39 Å². The summed E-state index contributed by atoms with van der Waals surface area (Å²) >= 11 is 0. The fraction of sp³-hybridized carbons (Fsp3) is 0.500. The Morgan fingerprint density at radius 2 is 2.06 bits per heavy atom. The van der Waals surface area contributed by atoms with Gasteiger partial charge in [0.1, 0.15) is 18.2 Å². The molecule has 0 fully saturated rings. The summed E-state index contributed by atoms with van der Waals surface area (Å²) in [6, 6.07) is 4.70. The lowest BCUT2D eigenvalue weighted by Crippen LogP contribution is -2.08. The van der Waals surface area contributed by atoms with Crippen molar-refractivity contribution in [3.05, 3.63) is 29.6 Å². The molecule has 0 unspecified atom stereocenters. The molecule has 4 heteroatoms. The third-order valence-electron chi connectivity index (χ3n) is 2.01. The molecule has 0 atom stereocenters. The Bertz CT molecular complexity index is 318. The molecule has 0 heterocycles. The molecule has 1 aromatic carbocycles. The molecule has 0 amide bonds. The minimum Gasteiger partial charge on any atom is -0.491 e. The van der Waals surface area contributed by atoms with E-state index in [2.05, 4.69) is 5.32 Å². The van der Waals surface area contributed by atoms with Crippen molar-refractivity contribution in [2.24, 2.45) is 0 Å². The van der Waals surface area contributed by atoms with Crippen LogP contribution in [-0.2, 0) is 11.3 Å². The lowest BCUT2D eigenvalue weighted by Gasteiger charge is -2.08. The van der Waals surface area contributed by atoms with Crippen molar-refractivity contribution in [1.29, 1.82) is 0 Å². The van der Waals surface area contributed by atoms with Gasteiger partial charge in [-0.05, 0) is 31.7 Å². The molecule has 1 N–H and O–H groups in total. The van der Waals surface area contributed by atoms with E-state index in [1.165, 1.54) is 12.1 Å². The Hall–Kier alpha value is -1.13. The molecular weight excluding hydrogens is 209 g/mol. The number of hydrogen-bond acceptors (Lipinski definition) is 3. The lowest BCUT2D eigenvalue weighted by atomic mass is 10.2. The maximum Gasteiger partial charge on any atom is 0.127 e. The van der Waals surface area contributed by atoms with E-state index in [-0.39, 0.29) is 5.82 Å². The average molecular weight is 227 g/mol. The van der Waals surface area contributed by atoms with Gasteiger partial charge in [-0.15, -0.1) is 0 Å². The van der Waals surface area contributed by atoms with E-state index >= 15 is 0 Å². The van der Waals surface area contributed by atoms with Crippen LogP contribution in [0, 0.1) is 5.82 Å².